The predicted molar refractivity (Wildman–Crippen MR) is 76.3 cm³/mol. The van der Waals surface area contributed by atoms with E-state index in [0.29, 0.717) is 11.5 Å². The van der Waals surface area contributed by atoms with E-state index in [1.54, 1.807) is 0 Å². The zero-order chi connectivity index (χ0) is 13.3. The Morgan fingerprint density at radius 2 is 2.11 bits per heavy atom. The summed E-state index contributed by atoms with van der Waals surface area (Å²) in [6, 6.07) is 0.689. The van der Waals surface area contributed by atoms with E-state index in [0.717, 1.165) is 38.7 Å². The van der Waals surface area contributed by atoms with Gasteiger partial charge in [0.25, 0.3) is 0 Å². The third-order valence-electron chi connectivity index (χ3n) is 5.47. The fourth-order valence-electron chi connectivity index (χ4n) is 4.00. The van der Waals surface area contributed by atoms with Crippen LogP contribution in [0.5, 0.6) is 0 Å². The Morgan fingerprint density at radius 1 is 1.26 bits per heavy atom. The molecule has 110 valence electrons. The fourth-order valence-corrected chi connectivity index (χ4v) is 4.00. The SMILES string of the molecule is CCCNC(C1CCOC2(CCOC2)C1)C1(C)CC1. The van der Waals surface area contributed by atoms with Gasteiger partial charge in [-0.15, -0.1) is 0 Å². The molecule has 19 heavy (non-hydrogen) atoms. The molecule has 0 aromatic rings. The molecule has 0 aromatic heterocycles. The normalized spacial score (nSPS) is 38.5. The molecule has 1 aliphatic carbocycles. The molecule has 2 aliphatic heterocycles. The zero-order valence-electron chi connectivity index (χ0n) is 12.5. The second-order valence-electron chi connectivity index (χ2n) is 7.17. The first kappa shape index (κ1) is 13.8. The van der Waals surface area contributed by atoms with Gasteiger partial charge in [-0.2, -0.15) is 0 Å². The highest BCUT2D eigenvalue weighted by atomic mass is 16.6. The van der Waals surface area contributed by atoms with E-state index >= 15 is 0 Å². The minimum Gasteiger partial charge on any atom is -0.378 e. The summed E-state index contributed by atoms with van der Waals surface area (Å²) in [4.78, 5) is 0. The van der Waals surface area contributed by atoms with E-state index in [4.69, 9.17) is 9.47 Å². The van der Waals surface area contributed by atoms with Gasteiger partial charge in [-0.3, -0.25) is 0 Å². The monoisotopic (exact) mass is 267 g/mol. The van der Waals surface area contributed by atoms with Gasteiger partial charge >= 0.3 is 0 Å². The molecule has 1 saturated carbocycles. The van der Waals surface area contributed by atoms with Crippen LogP contribution in [0.2, 0.25) is 0 Å². The van der Waals surface area contributed by atoms with Gasteiger partial charge in [-0.05, 0) is 50.0 Å². The summed E-state index contributed by atoms with van der Waals surface area (Å²) in [5, 5.41) is 3.85. The van der Waals surface area contributed by atoms with Crippen molar-refractivity contribution in [1.82, 2.24) is 5.32 Å². The Kier molecular flexibility index (Phi) is 3.89. The fraction of sp³-hybridized carbons (Fsp3) is 1.00. The van der Waals surface area contributed by atoms with Gasteiger partial charge in [0, 0.05) is 25.7 Å². The number of rotatable bonds is 5. The molecule has 0 bridgehead atoms. The second-order valence-corrected chi connectivity index (χ2v) is 7.17. The number of ether oxygens (including phenoxy) is 2. The summed E-state index contributed by atoms with van der Waals surface area (Å²) >= 11 is 0. The third kappa shape index (κ3) is 2.84. The maximum absolute atomic E-state index is 6.09. The summed E-state index contributed by atoms with van der Waals surface area (Å²) in [6.07, 6.45) is 7.54. The molecular formula is C16H29NO2. The van der Waals surface area contributed by atoms with E-state index in [1.165, 1.54) is 32.1 Å². The molecule has 1 N–H and O–H groups in total. The molecule has 2 heterocycles. The van der Waals surface area contributed by atoms with Crippen molar-refractivity contribution < 1.29 is 9.47 Å². The molecule has 3 atom stereocenters. The summed E-state index contributed by atoms with van der Waals surface area (Å²) in [5.41, 5.74) is 0.609. The van der Waals surface area contributed by atoms with Crippen LogP contribution in [0.4, 0.5) is 0 Å². The molecule has 3 nitrogen and oxygen atoms in total. The first-order valence-corrected chi connectivity index (χ1v) is 8.13. The lowest BCUT2D eigenvalue weighted by molar-refractivity contribution is -0.106. The van der Waals surface area contributed by atoms with Crippen LogP contribution in [-0.2, 0) is 9.47 Å². The van der Waals surface area contributed by atoms with Gasteiger partial charge in [0.2, 0.25) is 0 Å². The Bertz CT molecular complexity index is 308. The highest BCUT2D eigenvalue weighted by Crippen LogP contribution is 2.52. The Balaban J connectivity index is 1.67. The summed E-state index contributed by atoms with van der Waals surface area (Å²) < 4.78 is 11.7. The largest absolute Gasteiger partial charge is 0.378 e. The summed E-state index contributed by atoms with van der Waals surface area (Å²) in [6.45, 7) is 8.51. The van der Waals surface area contributed by atoms with Crippen molar-refractivity contribution >= 4 is 0 Å². The minimum absolute atomic E-state index is 0.0559. The average Bonchev–Trinajstić information content (AvgIpc) is 2.99. The molecule has 1 spiro atoms. The van der Waals surface area contributed by atoms with E-state index in [-0.39, 0.29) is 5.60 Å². The number of hydrogen-bond donors (Lipinski definition) is 1. The Labute approximate surface area is 117 Å². The molecule has 3 fully saturated rings. The maximum atomic E-state index is 6.09. The molecule has 2 saturated heterocycles. The topological polar surface area (TPSA) is 30.5 Å². The summed E-state index contributed by atoms with van der Waals surface area (Å²) in [5.74, 6) is 0.773. The lowest BCUT2D eigenvalue weighted by Crippen LogP contribution is -2.50. The van der Waals surface area contributed by atoms with E-state index in [2.05, 4.69) is 19.2 Å². The maximum Gasteiger partial charge on any atom is 0.0939 e. The van der Waals surface area contributed by atoms with Crippen molar-refractivity contribution in [1.29, 1.82) is 0 Å². The lowest BCUT2D eigenvalue weighted by atomic mass is 9.76. The number of hydrogen-bond acceptors (Lipinski definition) is 3. The van der Waals surface area contributed by atoms with Crippen LogP contribution in [0.1, 0.15) is 52.4 Å². The molecule has 3 rings (SSSR count). The van der Waals surface area contributed by atoms with Crippen LogP contribution in [0.15, 0.2) is 0 Å². The van der Waals surface area contributed by atoms with E-state index in [1.807, 2.05) is 0 Å². The van der Waals surface area contributed by atoms with Crippen molar-refractivity contribution in [2.75, 3.05) is 26.4 Å². The number of nitrogens with one attached hydrogen (secondary N) is 1. The van der Waals surface area contributed by atoms with Crippen molar-refractivity contribution in [3.05, 3.63) is 0 Å². The van der Waals surface area contributed by atoms with Gasteiger partial charge in [0.05, 0.1) is 12.2 Å². The molecule has 0 radical (unpaired) electrons. The smallest absolute Gasteiger partial charge is 0.0939 e. The van der Waals surface area contributed by atoms with Crippen LogP contribution in [0.3, 0.4) is 0 Å². The quantitative estimate of drug-likeness (QED) is 0.831. The average molecular weight is 267 g/mol. The van der Waals surface area contributed by atoms with Crippen molar-refractivity contribution in [3.63, 3.8) is 0 Å². The predicted octanol–water partition coefficient (Wildman–Crippen LogP) is 2.74. The van der Waals surface area contributed by atoms with Crippen molar-refractivity contribution in [2.45, 2.75) is 64.0 Å². The first-order chi connectivity index (χ1) is 9.18. The van der Waals surface area contributed by atoms with Crippen LogP contribution in [0.25, 0.3) is 0 Å². The van der Waals surface area contributed by atoms with Gasteiger partial charge in [-0.1, -0.05) is 13.8 Å². The molecule has 3 aliphatic rings. The summed E-state index contributed by atoms with van der Waals surface area (Å²) in [7, 11) is 0. The first-order valence-electron chi connectivity index (χ1n) is 8.13. The third-order valence-corrected chi connectivity index (χ3v) is 5.47. The highest BCUT2D eigenvalue weighted by molar-refractivity contribution is 5.04. The molecule has 3 unspecified atom stereocenters. The van der Waals surface area contributed by atoms with Crippen LogP contribution >= 0.6 is 0 Å². The second kappa shape index (κ2) is 5.34. The Hall–Kier alpha value is -0.120. The van der Waals surface area contributed by atoms with E-state index in [9.17, 15) is 0 Å². The van der Waals surface area contributed by atoms with E-state index < -0.39 is 0 Å². The molecule has 0 amide bonds. The van der Waals surface area contributed by atoms with Crippen LogP contribution in [-0.4, -0.2) is 38.0 Å². The van der Waals surface area contributed by atoms with Gasteiger partial charge in [0.15, 0.2) is 0 Å². The van der Waals surface area contributed by atoms with Gasteiger partial charge in [-0.25, -0.2) is 0 Å². The van der Waals surface area contributed by atoms with Gasteiger partial charge in [0.1, 0.15) is 0 Å². The van der Waals surface area contributed by atoms with Crippen molar-refractivity contribution in [3.8, 4) is 0 Å². The van der Waals surface area contributed by atoms with Gasteiger partial charge < -0.3 is 14.8 Å². The van der Waals surface area contributed by atoms with Crippen LogP contribution in [0, 0.1) is 11.3 Å². The standard InChI is InChI=1S/C16H29NO2/c1-3-8-17-14(15(2)5-6-15)13-4-9-19-16(11-13)7-10-18-12-16/h13-14,17H,3-12H2,1-2H3. The zero-order valence-corrected chi connectivity index (χ0v) is 12.5. The van der Waals surface area contributed by atoms with Crippen LogP contribution < -0.4 is 5.32 Å². The lowest BCUT2D eigenvalue weighted by Gasteiger charge is -2.42. The molecular weight excluding hydrogens is 238 g/mol. The molecule has 3 heteroatoms. The van der Waals surface area contributed by atoms with Crippen molar-refractivity contribution in [2.24, 2.45) is 11.3 Å². The highest BCUT2D eigenvalue weighted by Gasteiger charge is 2.51. The minimum atomic E-state index is 0.0559. The Morgan fingerprint density at radius 3 is 2.74 bits per heavy atom. The molecule has 0 aromatic carbocycles.